The Morgan fingerprint density at radius 2 is 2.23 bits per heavy atom. The Kier molecular flexibility index (Phi) is 4.75. The van der Waals surface area contributed by atoms with Gasteiger partial charge in [-0.1, -0.05) is 19.1 Å². The van der Waals surface area contributed by atoms with Crippen LogP contribution < -0.4 is 10.1 Å². The number of rotatable bonds is 6. The molecule has 1 aliphatic heterocycles. The van der Waals surface area contributed by atoms with E-state index in [1.54, 1.807) is 13.4 Å². The fraction of sp³-hybridized carbons (Fsp3) is 0.400. The minimum atomic E-state index is 0.234. The number of nitrogens with zero attached hydrogens (tertiary/aromatic N) is 2. The molecule has 1 aromatic carbocycles. The highest BCUT2D eigenvalue weighted by Gasteiger charge is 2.21. The molecule has 4 rings (SSSR count). The maximum absolute atomic E-state index is 6.03. The lowest BCUT2D eigenvalue weighted by Gasteiger charge is -2.12. The summed E-state index contributed by atoms with van der Waals surface area (Å²) < 4.78 is 17.1. The number of aryl methyl sites for hydroxylation is 1. The van der Waals surface area contributed by atoms with Crippen LogP contribution in [0.5, 0.6) is 5.75 Å². The van der Waals surface area contributed by atoms with Gasteiger partial charge in [0.05, 0.1) is 18.6 Å². The highest BCUT2D eigenvalue weighted by molar-refractivity contribution is 6.01. The van der Waals surface area contributed by atoms with Gasteiger partial charge >= 0.3 is 0 Å². The van der Waals surface area contributed by atoms with Gasteiger partial charge in [0, 0.05) is 25.1 Å². The first-order valence-electron chi connectivity index (χ1n) is 9.06. The summed E-state index contributed by atoms with van der Waals surface area (Å²) in [4.78, 5) is 8.81. The summed E-state index contributed by atoms with van der Waals surface area (Å²) in [5, 5.41) is 4.35. The number of benzene rings is 1. The van der Waals surface area contributed by atoms with Crippen LogP contribution in [-0.2, 0) is 11.2 Å². The van der Waals surface area contributed by atoms with Crippen molar-refractivity contribution in [2.24, 2.45) is 0 Å². The van der Waals surface area contributed by atoms with Crippen LogP contribution in [0, 0.1) is 0 Å². The Balaban J connectivity index is 1.79. The number of hydrogen-bond acceptors (Lipinski definition) is 6. The molecule has 1 aliphatic rings. The third-order valence-electron chi connectivity index (χ3n) is 4.76. The quantitative estimate of drug-likeness (QED) is 0.721. The van der Waals surface area contributed by atoms with Crippen LogP contribution in [0.25, 0.3) is 22.2 Å². The molecule has 2 aromatic heterocycles. The molecule has 0 amide bonds. The lowest BCUT2D eigenvalue weighted by molar-refractivity contribution is 0.120. The van der Waals surface area contributed by atoms with Crippen molar-refractivity contribution >= 4 is 16.9 Å². The standard InChI is InChI=1S/C20H23N3O3/c1-3-16-17(13-6-4-7-14(10-13)24-2)18-19(22-12-23-20(18)26-16)21-11-15-8-5-9-25-15/h4,6-7,10,12,15H,3,5,8-9,11H2,1-2H3,(H,21,22,23). The molecular weight excluding hydrogens is 330 g/mol. The first-order chi connectivity index (χ1) is 12.8. The molecule has 1 unspecified atom stereocenters. The van der Waals surface area contributed by atoms with Gasteiger partial charge < -0.3 is 19.2 Å². The monoisotopic (exact) mass is 353 g/mol. The number of fused-ring (bicyclic) bond motifs is 1. The highest BCUT2D eigenvalue weighted by Crippen LogP contribution is 2.38. The Labute approximate surface area is 152 Å². The predicted molar refractivity (Wildman–Crippen MR) is 101 cm³/mol. The van der Waals surface area contributed by atoms with Gasteiger partial charge in [-0.25, -0.2) is 9.97 Å². The van der Waals surface area contributed by atoms with E-state index >= 15 is 0 Å². The predicted octanol–water partition coefficient (Wildman–Crippen LogP) is 4.05. The molecule has 1 fully saturated rings. The van der Waals surface area contributed by atoms with Crippen molar-refractivity contribution < 1.29 is 13.9 Å². The molecule has 0 aliphatic carbocycles. The first kappa shape index (κ1) is 16.8. The Hall–Kier alpha value is -2.60. The van der Waals surface area contributed by atoms with E-state index in [0.29, 0.717) is 5.71 Å². The largest absolute Gasteiger partial charge is 0.497 e. The summed E-state index contributed by atoms with van der Waals surface area (Å²) in [6, 6.07) is 7.99. The van der Waals surface area contributed by atoms with Gasteiger partial charge in [0.2, 0.25) is 5.71 Å². The van der Waals surface area contributed by atoms with E-state index in [-0.39, 0.29) is 6.10 Å². The molecule has 0 bridgehead atoms. The molecule has 0 spiro atoms. The van der Waals surface area contributed by atoms with Crippen LogP contribution in [0.4, 0.5) is 5.82 Å². The number of hydrogen-bond donors (Lipinski definition) is 1. The van der Waals surface area contributed by atoms with Gasteiger partial charge in [0.25, 0.3) is 0 Å². The van der Waals surface area contributed by atoms with Crippen LogP contribution in [0.3, 0.4) is 0 Å². The van der Waals surface area contributed by atoms with Gasteiger partial charge in [0.1, 0.15) is 23.7 Å². The molecule has 1 N–H and O–H groups in total. The third-order valence-corrected chi connectivity index (χ3v) is 4.76. The molecule has 3 aromatic rings. The third kappa shape index (κ3) is 3.12. The molecule has 6 nitrogen and oxygen atoms in total. The Morgan fingerprint density at radius 1 is 1.31 bits per heavy atom. The van der Waals surface area contributed by atoms with Crippen LogP contribution in [0.1, 0.15) is 25.5 Å². The number of aromatic nitrogens is 2. The van der Waals surface area contributed by atoms with Crippen LogP contribution in [0.15, 0.2) is 35.0 Å². The molecule has 0 radical (unpaired) electrons. The molecular formula is C20H23N3O3. The number of furan rings is 1. The fourth-order valence-corrected chi connectivity index (χ4v) is 3.46. The number of ether oxygens (including phenoxy) is 2. The van der Waals surface area contributed by atoms with Crippen molar-refractivity contribution in [2.45, 2.75) is 32.3 Å². The second-order valence-corrected chi connectivity index (χ2v) is 6.40. The Morgan fingerprint density at radius 3 is 3.00 bits per heavy atom. The summed E-state index contributed by atoms with van der Waals surface area (Å²) in [6.45, 7) is 3.65. The van der Waals surface area contributed by atoms with Crippen molar-refractivity contribution in [3.05, 3.63) is 36.4 Å². The van der Waals surface area contributed by atoms with E-state index in [1.165, 1.54) is 0 Å². The minimum absolute atomic E-state index is 0.234. The smallest absolute Gasteiger partial charge is 0.232 e. The van der Waals surface area contributed by atoms with Gasteiger partial charge in [-0.05, 0) is 30.5 Å². The molecule has 0 saturated carbocycles. The summed E-state index contributed by atoms with van der Waals surface area (Å²) in [6.07, 6.45) is 4.74. The first-order valence-corrected chi connectivity index (χ1v) is 9.06. The highest BCUT2D eigenvalue weighted by atomic mass is 16.5. The normalized spacial score (nSPS) is 16.9. The molecule has 6 heteroatoms. The zero-order valence-corrected chi connectivity index (χ0v) is 15.1. The van der Waals surface area contributed by atoms with E-state index in [0.717, 1.165) is 66.3 Å². The Bertz CT molecular complexity index is 900. The lowest BCUT2D eigenvalue weighted by Crippen LogP contribution is -2.19. The van der Waals surface area contributed by atoms with Gasteiger partial charge in [-0.2, -0.15) is 0 Å². The summed E-state index contributed by atoms with van der Waals surface area (Å²) in [5.74, 6) is 2.49. The summed E-state index contributed by atoms with van der Waals surface area (Å²) >= 11 is 0. The molecule has 1 atom stereocenters. The average Bonchev–Trinajstić information content (AvgIpc) is 3.33. The average molecular weight is 353 g/mol. The van der Waals surface area contributed by atoms with Crippen molar-refractivity contribution in [1.82, 2.24) is 9.97 Å². The zero-order valence-electron chi connectivity index (χ0n) is 15.1. The van der Waals surface area contributed by atoms with Crippen molar-refractivity contribution in [3.8, 4) is 16.9 Å². The molecule has 26 heavy (non-hydrogen) atoms. The minimum Gasteiger partial charge on any atom is -0.497 e. The number of methoxy groups -OCH3 is 1. The number of anilines is 1. The SMILES string of the molecule is CCc1oc2ncnc(NCC3CCCO3)c2c1-c1cccc(OC)c1. The van der Waals surface area contributed by atoms with Gasteiger partial charge in [-0.3, -0.25) is 0 Å². The molecule has 1 saturated heterocycles. The summed E-state index contributed by atoms with van der Waals surface area (Å²) in [7, 11) is 1.67. The molecule has 136 valence electrons. The van der Waals surface area contributed by atoms with E-state index in [2.05, 4.69) is 28.3 Å². The maximum Gasteiger partial charge on any atom is 0.232 e. The zero-order chi connectivity index (χ0) is 17.9. The van der Waals surface area contributed by atoms with Crippen LogP contribution in [-0.4, -0.2) is 36.3 Å². The fourth-order valence-electron chi connectivity index (χ4n) is 3.46. The maximum atomic E-state index is 6.03. The lowest BCUT2D eigenvalue weighted by atomic mass is 10.0. The van der Waals surface area contributed by atoms with Gasteiger partial charge in [-0.15, -0.1) is 0 Å². The van der Waals surface area contributed by atoms with Crippen molar-refractivity contribution in [2.75, 3.05) is 25.6 Å². The van der Waals surface area contributed by atoms with Gasteiger partial charge in [0.15, 0.2) is 0 Å². The topological polar surface area (TPSA) is 69.4 Å². The van der Waals surface area contributed by atoms with Crippen molar-refractivity contribution in [3.63, 3.8) is 0 Å². The second-order valence-electron chi connectivity index (χ2n) is 6.40. The summed E-state index contributed by atoms with van der Waals surface area (Å²) in [5.41, 5.74) is 2.66. The van der Waals surface area contributed by atoms with E-state index in [9.17, 15) is 0 Å². The number of nitrogens with one attached hydrogen (secondary N) is 1. The second kappa shape index (κ2) is 7.33. The van der Waals surface area contributed by atoms with E-state index in [4.69, 9.17) is 13.9 Å². The van der Waals surface area contributed by atoms with E-state index < -0.39 is 0 Å². The van der Waals surface area contributed by atoms with Crippen LogP contribution >= 0.6 is 0 Å². The molecule has 3 heterocycles. The van der Waals surface area contributed by atoms with Crippen LogP contribution in [0.2, 0.25) is 0 Å². The van der Waals surface area contributed by atoms with Crippen molar-refractivity contribution in [1.29, 1.82) is 0 Å². The van der Waals surface area contributed by atoms with E-state index in [1.807, 2.05) is 18.2 Å².